The van der Waals surface area contributed by atoms with Crippen LogP contribution in [0.25, 0.3) is 0 Å². The van der Waals surface area contributed by atoms with Crippen molar-refractivity contribution >= 4 is 5.91 Å². The average molecular weight is 308 g/mol. The van der Waals surface area contributed by atoms with Crippen molar-refractivity contribution in [2.75, 3.05) is 0 Å². The summed E-state index contributed by atoms with van der Waals surface area (Å²) in [5.41, 5.74) is 4.98. The van der Waals surface area contributed by atoms with Gasteiger partial charge in [-0.3, -0.25) is 9.48 Å². The molecular weight excluding hydrogens is 288 g/mol. The van der Waals surface area contributed by atoms with Gasteiger partial charge in [0.25, 0.3) is 0 Å². The molecule has 1 saturated heterocycles. The van der Waals surface area contributed by atoms with Crippen molar-refractivity contribution in [2.45, 2.75) is 45.7 Å². The van der Waals surface area contributed by atoms with Crippen LogP contribution in [-0.4, -0.2) is 15.7 Å². The van der Waals surface area contributed by atoms with Crippen molar-refractivity contribution in [3.05, 3.63) is 52.3 Å². The minimum absolute atomic E-state index is 0.0750. The standard InChI is InChI=1S/C18H20N4O/c1-12-18(16-4-3-5-17(23)20-16)13(2)22(21-12)11-15-8-6-14(10-19)7-9-15/h6-9,16H,3-5,11H2,1-2H3,(H,20,23). The summed E-state index contributed by atoms with van der Waals surface area (Å²) in [7, 11) is 0. The molecule has 23 heavy (non-hydrogen) atoms. The van der Waals surface area contributed by atoms with E-state index >= 15 is 0 Å². The zero-order valence-electron chi connectivity index (χ0n) is 13.5. The van der Waals surface area contributed by atoms with E-state index in [9.17, 15) is 4.79 Å². The van der Waals surface area contributed by atoms with E-state index in [2.05, 4.69) is 23.4 Å². The molecule has 5 heteroatoms. The normalized spacial score (nSPS) is 17.6. The first-order chi connectivity index (χ1) is 11.1. The molecule has 5 nitrogen and oxygen atoms in total. The summed E-state index contributed by atoms with van der Waals surface area (Å²) in [6.07, 6.45) is 2.51. The van der Waals surface area contributed by atoms with Crippen LogP contribution in [0.3, 0.4) is 0 Å². The summed E-state index contributed by atoms with van der Waals surface area (Å²) in [6, 6.07) is 9.76. The van der Waals surface area contributed by atoms with Crippen molar-refractivity contribution in [1.82, 2.24) is 15.1 Å². The van der Waals surface area contributed by atoms with Gasteiger partial charge in [0, 0.05) is 17.7 Å². The topological polar surface area (TPSA) is 70.7 Å². The molecule has 0 radical (unpaired) electrons. The number of aromatic nitrogens is 2. The van der Waals surface area contributed by atoms with Crippen molar-refractivity contribution in [3.63, 3.8) is 0 Å². The molecular formula is C18H20N4O. The van der Waals surface area contributed by atoms with E-state index in [1.54, 1.807) is 0 Å². The molecule has 1 fully saturated rings. The molecule has 3 rings (SSSR count). The Morgan fingerprint density at radius 1 is 1.35 bits per heavy atom. The highest BCUT2D eigenvalue weighted by molar-refractivity contribution is 5.77. The first-order valence-corrected chi connectivity index (χ1v) is 7.91. The first-order valence-electron chi connectivity index (χ1n) is 7.91. The number of carbonyl (C=O) groups excluding carboxylic acids is 1. The van der Waals surface area contributed by atoms with Gasteiger partial charge in [0.2, 0.25) is 5.91 Å². The number of piperidine rings is 1. The highest BCUT2D eigenvalue weighted by Crippen LogP contribution is 2.28. The maximum Gasteiger partial charge on any atom is 0.220 e. The fourth-order valence-corrected chi connectivity index (χ4v) is 3.25. The van der Waals surface area contributed by atoms with Crippen molar-refractivity contribution in [1.29, 1.82) is 5.26 Å². The molecule has 2 aromatic rings. The molecule has 0 aliphatic carbocycles. The van der Waals surface area contributed by atoms with Gasteiger partial charge in [0.15, 0.2) is 0 Å². The van der Waals surface area contributed by atoms with Crippen LogP contribution in [0.15, 0.2) is 24.3 Å². The number of nitriles is 1. The minimum atomic E-state index is 0.0750. The van der Waals surface area contributed by atoms with Gasteiger partial charge >= 0.3 is 0 Å². The molecule has 1 aliphatic heterocycles. The number of hydrogen-bond donors (Lipinski definition) is 1. The van der Waals surface area contributed by atoms with E-state index in [1.807, 2.05) is 35.9 Å². The maximum atomic E-state index is 11.7. The Morgan fingerprint density at radius 3 is 2.74 bits per heavy atom. The lowest BCUT2D eigenvalue weighted by molar-refractivity contribution is -0.123. The first kappa shape index (κ1) is 15.3. The quantitative estimate of drug-likeness (QED) is 0.947. The lowest BCUT2D eigenvalue weighted by atomic mass is 9.96. The lowest BCUT2D eigenvalue weighted by Crippen LogP contribution is -2.33. The van der Waals surface area contributed by atoms with Gasteiger partial charge in [0.05, 0.1) is 29.9 Å². The van der Waals surface area contributed by atoms with E-state index in [1.165, 1.54) is 0 Å². The summed E-state index contributed by atoms with van der Waals surface area (Å²) in [5, 5.41) is 16.6. The summed E-state index contributed by atoms with van der Waals surface area (Å²) >= 11 is 0. The maximum absolute atomic E-state index is 11.7. The molecule has 0 spiro atoms. The minimum Gasteiger partial charge on any atom is -0.349 e. The van der Waals surface area contributed by atoms with E-state index in [-0.39, 0.29) is 11.9 Å². The Morgan fingerprint density at radius 2 is 2.09 bits per heavy atom. The summed E-state index contributed by atoms with van der Waals surface area (Å²) in [5.74, 6) is 0.125. The molecule has 1 unspecified atom stereocenters. The Hall–Kier alpha value is -2.61. The van der Waals surface area contributed by atoms with Gasteiger partial charge in [0.1, 0.15) is 0 Å². The molecule has 1 aromatic heterocycles. The Kier molecular flexibility index (Phi) is 4.16. The van der Waals surface area contributed by atoms with Gasteiger partial charge in [-0.25, -0.2) is 0 Å². The number of hydrogen-bond acceptors (Lipinski definition) is 3. The molecule has 0 saturated carbocycles. The van der Waals surface area contributed by atoms with E-state index in [4.69, 9.17) is 5.26 Å². The SMILES string of the molecule is Cc1nn(Cc2ccc(C#N)cc2)c(C)c1C1CCCC(=O)N1. The van der Waals surface area contributed by atoms with E-state index in [0.717, 1.165) is 35.4 Å². The van der Waals surface area contributed by atoms with E-state index < -0.39 is 0 Å². The molecule has 1 aliphatic rings. The van der Waals surface area contributed by atoms with Crippen LogP contribution in [0.1, 0.15) is 53.4 Å². The molecule has 1 N–H and O–H groups in total. The van der Waals surface area contributed by atoms with Gasteiger partial charge < -0.3 is 5.32 Å². The zero-order chi connectivity index (χ0) is 16.4. The number of nitrogens with one attached hydrogen (secondary N) is 1. The largest absolute Gasteiger partial charge is 0.349 e. The third-order valence-corrected chi connectivity index (χ3v) is 4.43. The van der Waals surface area contributed by atoms with Crippen LogP contribution >= 0.6 is 0 Å². The van der Waals surface area contributed by atoms with Crippen molar-refractivity contribution < 1.29 is 4.79 Å². The van der Waals surface area contributed by atoms with Gasteiger partial charge in [-0.2, -0.15) is 10.4 Å². The van der Waals surface area contributed by atoms with Gasteiger partial charge in [-0.15, -0.1) is 0 Å². The average Bonchev–Trinajstić information content (AvgIpc) is 2.82. The smallest absolute Gasteiger partial charge is 0.220 e. The van der Waals surface area contributed by atoms with Crippen LogP contribution in [0.2, 0.25) is 0 Å². The number of nitrogens with zero attached hydrogens (tertiary/aromatic N) is 3. The molecule has 2 heterocycles. The number of aryl methyl sites for hydroxylation is 1. The fourth-order valence-electron chi connectivity index (χ4n) is 3.25. The lowest BCUT2D eigenvalue weighted by Gasteiger charge is -2.23. The molecule has 1 aromatic carbocycles. The number of rotatable bonds is 3. The molecule has 118 valence electrons. The molecule has 0 bridgehead atoms. The Balaban J connectivity index is 1.85. The van der Waals surface area contributed by atoms with Crippen LogP contribution in [0, 0.1) is 25.2 Å². The second-order valence-corrected chi connectivity index (χ2v) is 6.06. The number of amides is 1. The van der Waals surface area contributed by atoms with Gasteiger partial charge in [-0.05, 0) is 44.4 Å². The van der Waals surface area contributed by atoms with Gasteiger partial charge in [-0.1, -0.05) is 12.1 Å². The predicted molar refractivity (Wildman–Crippen MR) is 86.7 cm³/mol. The number of carbonyl (C=O) groups is 1. The second kappa shape index (κ2) is 6.25. The number of benzene rings is 1. The van der Waals surface area contributed by atoms with Crippen LogP contribution in [0.4, 0.5) is 0 Å². The fraction of sp³-hybridized carbons (Fsp3) is 0.389. The summed E-state index contributed by atoms with van der Waals surface area (Å²) in [4.78, 5) is 11.7. The predicted octanol–water partition coefficient (Wildman–Crippen LogP) is 2.76. The van der Waals surface area contributed by atoms with Crippen LogP contribution in [-0.2, 0) is 11.3 Å². The second-order valence-electron chi connectivity index (χ2n) is 6.06. The highest BCUT2D eigenvalue weighted by Gasteiger charge is 2.25. The van der Waals surface area contributed by atoms with E-state index in [0.29, 0.717) is 18.5 Å². The summed E-state index contributed by atoms with van der Waals surface area (Å²) in [6.45, 7) is 4.72. The Bertz CT molecular complexity index is 768. The van der Waals surface area contributed by atoms with Crippen molar-refractivity contribution in [2.24, 2.45) is 0 Å². The third kappa shape index (κ3) is 3.11. The van der Waals surface area contributed by atoms with Crippen LogP contribution < -0.4 is 5.32 Å². The highest BCUT2D eigenvalue weighted by atomic mass is 16.1. The monoisotopic (exact) mass is 308 g/mol. The molecule has 1 amide bonds. The summed E-state index contributed by atoms with van der Waals surface area (Å²) < 4.78 is 1.98. The molecule has 1 atom stereocenters. The third-order valence-electron chi connectivity index (χ3n) is 4.43. The van der Waals surface area contributed by atoms with Crippen molar-refractivity contribution in [3.8, 4) is 6.07 Å². The van der Waals surface area contributed by atoms with Crippen LogP contribution in [0.5, 0.6) is 0 Å². The zero-order valence-corrected chi connectivity index (χ0v) is 13.5. The Labute approximate surface area is 135 Å².